The van der Waals surface area contributed by atoms with Crippen LogP contribution in [0.4, 0.5) is 8.78 Å². The van der Waals surface area contributed by atoms with Crippen LogP contribution in [0, 0.1) is 11.6 Å². The van der Waals surface area contributed by atoms with Crippen LogP contribution in [-0.4, -0.2) is 43.5 Å². The number of carbonyl (C=O) groups is 3. The lowest BCUT2D eigenvalue weighted by Gasteiger charge is -2.16. The van der Waals surface area contributed by atoms with E-state index in [0.717, 1.165) is 42.7 Å². The SMILES string of the molecule is CS(=O)(=O)c1cccc(C[C@H](NC(=O)c2c(Cl)cc(C(=O)C=Cc3c(F)cccc3F)cc2Cl)C(=O)O)c1. The lowest BCUT2D eigenvalue weighted by molar-refractivity contribution is -0.139. The standard InChI is InChI=1S/C26H19Cl2F2NO6S/c1-38(36,37)16-5-2-4-14(10-16)11-22(26(34)35)31-25(33)24-18(27)12-15(13-19(24)28)23(32)9-8-17-20(29)6-3-7-21(17)30/h2-10,12-13,22H,11H2,1H3,(H,31,33)(H,34,35)/t22-/m0/s1. The van der Waals surface area contributed by atoms with E-state index in [1.807, 2.05) is 0 Å². The monoisotopic (exact) mass is 581 g/mol. The molecule has 7 nitrogen and oxygen atoms in total. The number of carboxylic acid groups (broad SMARTS) is 1. The molecule has 0 unspecified atom stereocenters. The van der Waals surface area contributed by atoms with Gasteiger partial charge in [-0.2, -0.15) is 0 Å². The van der Waals surface area contributed by atoms with Crippen LogP contribution in [0.5, 0.6) is 0 Å². The molecule has 0 aromatic heterocycles. The molecule has 1 amide bonds. The van der Waals surface area contributed by atoms with Gasteiger partial charge in [0.2, 0.25) is 0 Å². The molecule has 0 aliphatic carbocycles. The molecule has 2 N–H and O–H groups in total. The summed E-state index contributed by atoms with van der Waals surface area (Å²) in [6, 6.07) is 9.61. The topological polar surface area (TPSA) is 118 Å². The van der Waals surface area contributed by atoms with Gasteiger partial charge in [0.25, 0.3) is 5.91 Å². The Bertz CT molecular complexity index is 1530. The zero-order valence-corrected chi connectivity index (χ0v) is 21.9. The van der Waals surface area contributed by atoms with E-state index in [0.29, 0.717) is 5.56 Å². The van der Waals surface area contributed by atoms with Crippen LogP contribution in [0.3, 0.4) is 0 Å². The first-order chi connectivity index (χ1) is 17.8. The smallest absolute Gasteiger partial charge is 0.326 e. The van der Waals surface area contributed by atoms with Gasteiger partial charge in [0.15, 0.2) is 15.6 Å². The highest BCUT2D eigenvalue weighted by atomic mass is 35.5. The van der Waals surface area contributed by atoms with Crippen LogP contribution in [0.2, 0.25) is 10.0 Å². The van der Waals surface area contributed by atoms with Crippen molar-refractivity contribution in [3.8, 4) is 0 Å². The summed E-state index contributed by atoms with van der Waals surface area (Å²) < 4.78 is 51.1. The molecule has 0 bridgehead atoms. The molecular weight excluding hydrogens is 563 g/mol. The van der Waals surface area contributed by atoms with Gasteiger partial charge in [0.05, 0.1) is 20.5 Å². The second-order valence-electron chi connectivity index (χ2n) is 8.14. The fourth-order valence-corrected chi connectivity index (χ4v) is 4.78. The summed E-state index contributed by atoms with van der Waals surface area (Å²) in [6.07, 6.45) is 2.63. The molecule has 0 aliphatic rings. The third kappa shape index (κ3) is 7.03. The maximum absolute atomic E-state index is 13.8. The van der Waals surface area contributed by atoms with Crippen LogP contribution in [-0.2, 0) is 21.1 Å². The number of aliphatic carboxylic acids is 1. The molecule has 3 aromatic rings. The Labute approximate surface area is 226 Å². The lowest BCUT2D eigenvalue weighted by atomic mass is 10.0. The number of amides is 1. The van der Waals surface area contributed by atoms with Crippen LogP contribution in [0.1, 0.15) is 31.8 Å². The van der Waals surface area contributed by atoms with E-state index in [1.54, 1.807) is 0 Å². The second kappa shape index (κ2) is 11.8. The minimum absolute atomic E-state index is 0.0106. The molecule has 0 saturated carbocycles. The third-order valence-electron chi connectivity index (χ3n) is 5.32. The lowest BCUT2D eigenvalue weighted by Crippen LogP contribution is -2.42. The van der Waals surface area contributed by atoms with E-state index in [2.05, 4.69) is 5.32 Å². The highest BCUT2D eigenvalue weighted by molar-refractivity contribution is 7.90. The maximum atomic E-state index is 13.8. The normalized spacial score (nSPS) is 12.3. The number of allylic oxidation sites excluding steroid dienone is 1. The highest BCUT2D eigenvalue weighted by Gasteiger charge is 2.25. The molecule has 0 fully saturated rings. The molecule has 0 radical (unpaired) electrons. The first-order valence-electron chi connectivity index (χ1n) is 10.8. The average Bonchev–Trinajstić information content (AvgIpc) is 2.82. The minimum atomic E-state index is -3.53. The van der Waals surface area contributed by atoms with Crippen LogP contribution in [0.15, 0.2) is 65.6 Å². The first-order valence-corrected chi connectivity index (χ1v) is 13.4. The summed E-state index contributed by atoms with van der Waals surface area (Å²) in [7, 11) is -3.53. The number of nitrogens with one attached hydrogen (secondary N) is 1. The zero-order chi connectivity index (χ0) is 28.2. The average molecular weight is 582 g/mol. The number of carbonyl (C=O) groups excluding carboxylic acids is 2. The predicted octanol–water partition coefficient (Wildman–Crippen LogP) is 5.00. The number of ketones is 1. The Kier molecular flexibility index (Phi) is 9.03. The van der Waals surface area contributed by atoms with Gasteiger partial charge in [-0.15, -0.1) is 0 Å². The van der Waals surface area contributed by atoms with Gasteiger partial charge in [0.1, 0.15) is 17.7 Å². The summed E-state index contributed by atoms with van der Waals surface area (Å²) in [4.78, 5) is 37.2. The number of halogens is 4. The third-order valence-corrected chi connectivity index (χ3v) is 7.03. The summed E-state index contributed by atoms with van der Waals surface area (Å²) in [5.41, 5.74) is -0.463. The highest BCUT2D eigenvalue weighted by Crippen LogP contribution is 2.28. The number of hydrogen-bond acceptors (Lipinski definition) is 5. The van der Waals surface area contributed by atoms with Crippen molar-refractivity contribution in [1.29, 1.82) is 0 Å². The van der Waals surface area contributed by atoms with Crippen molar-refractivity contribution in [2.24, 2.45) is 0 Å². The molecule has 0 spiro atoms. The van der Waals surface area contributed by atoms with Crippen molar-refractivity contribution < 1.29 is 36.7 Å². The van der Waals surface area contributed by atoms with E-state index in [-0.39, 0.29) is 32.5 Å². The van der Waals surface area contributed by atoms with Crippen LogP contribution >= 0.6 is 23.2 Å². The Hall–Kier alpha value is -3.60. The molecule has 0 aliphatic heterocycles. The predicted molar refractivity (Wildman–Crippen MR) is 138 cm³/mol. The molecule has 0 saturated heterocycles. The van der Waals surface area contributed by atoms with Gasteiger partial charge in [-0.05, 0) is 54.1 Å². The Morgan fingerprint density at radius 3 is 2.13 bits per heavy atom. The van der Waals surface area contributed by atoms with Gasteiger partial charge in [-0.3, -0.25) is 9.59 Å². The van der Waals surface area contributed by atoms with Gasteiger partial charge in [-0.25, -0.2) is 22.0 Å². The van der Waals surface area contributed by atoms with Gasteiger partial charge in [-0.1, -0.05) is 41.4 Å². The van der Waals surface area contributed by atoms with Crippen molar-refractivity contribution in [1.82, 2.24) is 5.32 Å². The number of hydrogen-bond donors (Lipinski definition) is 2. The van der Waals surface area contributed by atoms with Gasteiger partial charge in [0, 0.05) is 23.8 Å². The fourth-order valence-electron chi connectivity index (χ4n) is 3.43. The molecular formula is C26H19Cl2F2NO6S. The molecule has 38 heavy (non-hydrogen) atoms. The Morgan fingerprint density at radius 2 is 1.58 bits per heavy atom. The number of rotatable bonds is 9. The summed E-state index contributed by atoms with van der Waals surface area (Å²) in [6.45, 7) is 0. The van der Waals surface area contributed by atoms with Gasteiger partial charge < -0.3 is 10.4 Å². The van der Waals surface area contributed by atoms with E-state index in [1.165, 1.54) is 30.3 Å². The van der Waals surface area contributed by atoms with Crippen LogP contribution < -0.4 is 5.32 Å². The van der Waals surface area contributed by atoms with E-state index < -0.39 is 50.7 Å². The molecule has 12 heteroatoms. The quantitative estimate of drug-likeness (QED) is 0.271. The van der Waals surface area contributed by atoms with E-state index in [9.17, 15) is 36.7 Å². The molecule has 0 heterocycles. The second-order valence-corrected chi connectivity index (χ2v) is 11.0. The fraction of sp³-hybridized carbons (Fsp3) is 0.115. The summed E-state index contributed by atoms with van der Waals surface area (Å²) in [5, 5.41) is 11.3. The minimum Gasteiger partial charge on any atom is -0.480 e. The molecule has 3 aromatic carbocycles. The largest absolute Gasteiger partial charge is 0.480 e. The van der Waals surface area contributed by atoms with Crippen molar-refractivity contribution in [2.75, 3.05) is 6.26 Å². The van der Waals surface area contributed by atoms with Crippen molar-refractivity contribution >= 4 is 56.8 Å². The molecule has 3 rings (SSSR count). The summed E-state index contributed by atoms with van der Waals surface area (Å²) >= 11 is 12.4. The molecule has 198 valence electrons. The van der Waals surface area contributed by atoms with E-state index in [4.69, 9.17) is 23.2 Å². The van der Waals surface area contributed by atoms with Crippen molar-refractivity contribution in [3.05, 3.63) is 105 Å². The number of benzene rings is 3. The number of sulfone groups is 1. The molecule has 1 atom stereocenters. The van der Waals surface area contributed by atoms with Gasteiger partial charge >= 0.3 is 5.97 Å². The summed E-state index contributed by atoms with van der Waals surface area (Å²) in [5.74, 6) is -4.79. The van der Waals surface area contributed by atoms with Crippen molar-refractivity contribution in [3.63, 3.8) is 0 Å². The maximum Gasteiger partial charge on any atom is 0.326 e. The van der Waals surface area contributed by atoms with E-state index >= 15 is 0 Å². The van der Waals surface area contributed by atoms with Crippen LogP contribution in [0.25, 0.3) is 6.08 Å². The van der Waals surface area contributed by atoms with Crippen molar-refractivity contribution in [2.45, 2.75) is 17.4 Å². The number of carboxylic acids is 1. The first kappa shape index (κ1) is 29.0. The zero-order valence-electron chi connectivity index (χ0n) is 19.5. The Balaban J connectivity index is 1.81. The Morgan fingerprint density at radius 1 is 1.00 bits per heavy atom.